The third-order valence-electron chi connectivity index (χ3n) is 3.33. The molecule has 0 aliphatic heterocycles. The third kappa shape index (κ3) is 5.49. The van der Waals surface area contributed by atoms with Crippen LogP contribution in [-0.4, -0.2) is 59.2 Å². The molecule has 0 unspecified atom stereocenters. The number of ether oxygens (including phenoxy) is 2. The van der Waals surface area contributed by atoms with E-state index in [-0.39, 0.29) is 11.3 Å². The summed E-state index contributed by atoms with van der Waals surface area (Å²) in [5.41, 5.74) is 4.44. The van der Waals surface area contributed by atoms with Gasteiger partial charge in [0.1, 0.15) is 0 Å². The summed E-state index contributed by atoms with van der Waals surface area (Å²) in [6.07, 6.45) is -37.5. The Balaban J connectivity index is 3.68. The zero-order valence-electron chi connectivity index (χ0n) is 15.3. The molecule has 2 atom stereocenters. The van der Waals surface area contributed by atoms with Crippen molar-refractivity contribution >= 4 is 22.3 Å². The predicted molar refractivity (Wildman–Crippen MR) is 76.3 cm³/mol. The van der Waals surface area contributed by atoms with Crippen molar-refractivity contribution < 1.29 is 84.1 Å². The molecule has 1 rings (SSSR count). The van der Waals surface area contributed by atoms with E-state index < -0.39 is 59.3 Å². The minimum atomic E-state index is -7.98. The highest BCUT2D eigenvalue weighted by Gasteiger charge is 2.85. The maximum Gasteiger partial charge on any atom is 0.462 e. The van der Waals surface area contributed by atoms with Crippen LogP contribution in [-0.2, 0) is 9.47 Å². The number of hydrogen-bond acceptors (Lipinski definition) is 5. The van der Waals surface area contributed by atoms with E-state index in [4.69, 9.17) is 0 Å². The standard InChI is InChI=1S/C12H4F17N3O2S/c13-5(8(17,18)19,3(30)32-4-31-1-2-35-4)33-12(28,29)7(16,10(23,24)25)34-11(26,27)6(14,15)9(20,21)22/h1-2H,(H2,30,31,32)/t5-,7+/m0/s1. The Labute approximate surface area is 183 Å². The Hall–Kier alpha value is -2.17. The Bertz CT molecular complexity index is 909. The summed E-state index contributed by atoms with van der Waals surface area (Å²) in [4.78, 5) is 5.46. The number of thiazole rings is 1. The van der Waals surface area contributed by atoms with Crippen LogP contribution < -0.4 is 5.73 Å². The molecule has 1 aromatic heterocycles. The van der Waals surface area contributed by atoms with Crippen molar-refractivity contribution in [1.82, 2.24) is 4.98 Å². The maximum absolute atomic E-state index is 14.3. The van der Waals surface area contributed by atoms with Gasteiger partial charge in [-0.25, -0.2) is 4.98 Å². The number of halogens is 17. The topological polar surface area (TPSA) is 69.7 Å². The fraction of sp³-hybridized carbons (Fsp3) is 0.667. The number of alkyl halides is 17. The fourth-order valence-corrected chi connectivity index (χ4v) is 2.15. The van der Waals surface area contributed by atoms with Crippen LogP contribution in [0.4, 0.5) is 79.8 Å². The second-order valence-corrected chi connectivity index (χ2v) is 6.68. The number of hydrogen-bond donors (Lipinski definition) is 1. The van der Waals surface area contributed by atoms with Gasteiger partial charge in [-0.3, -0.25) is 9.47 Å². The highest BCUT2D eigenvalue weighted by atomic mass is 32.1. The summed E-state index contributed by atoms with van der Waals surface area (Å²) in [7, 11) is 0. The van der Waals surface area contributed by atoms with E-state index >= 15 is 0 Å². The van der Waals surface area contributed by atoms with Crippen molar-refractivity contribution in [3.8, 4) is 0 Å². The van der Waals surface area contributed by atoms with Crippen LogP contribution in [0.15, 0.2) is 16.6 Å². The van der Waals surface area contributed by atoms with Gasteiger partial charge in [0.2, 0.25) is 5.13 Å². The van der Waals surface area contributed by atoms with Crippen LogP contribution in [0, 0.1) is 0 Å². The monoisotopic (exact) mass is 577 g/mol. The minimum Gasteiger partial charge on any atom is -0.382 e. The number of amidine groups is 1. The van der Waals surface area contributed by atoms with Crippen LogP contribution in [0.25, 0.3) is 0 Å². The van der Waals surface area contributed by atoms with Crippen molar-refractivity contribution in [3.05, 3.63) is 11.6 Å². The van der Waals surface area contributed by atoms with Gasteiger partial charge < -0.3 is 5.73 Å². The van der Waals surface area contributed by atoms with Crippen molar-refractivity contribution in [3.63, 3.8) is 0 Å². The molecule has 0 aromatic carbocycles. The van der Waals surface area contributed by atoms with E-state index in [1.165, 1.54) is 4.74 Å². The summed E-state index contributed by atoms with van der Waals surface area (Å²) in [5.74, 6) is -25.3. The molecule has 0 aliphatic carbocycles. The lowest BCUT2D eigenvalue weighted by atomic mass is 10.2. The molecule has 0 saturated carbocycles. The molecule has 0 amide bonds. The molecular formula is C12H4F17N3O2S. The number of nitrogens with two attached hydrogens (primary N) is 1. The maximum atomic E-state index is 14.3. The average Bonchev–Trinajstić information content (AvgIpc) is 3.10. The van der Waals surface area contributed by atoms with Crippen LogP contribution >= 0.6 is 11.3 Å². The molecule has 0 aliphatic rings. The second-order valence-electron chi connectivity index (χ2n) is 5.81. The smallest absolute Gasteiger partial charge is 0.382 e. The molecule has 0 spiro atoms. The van der Waals surface area contributed by atoms with Crippen molar-refractivity contribution in [2.75, 3.05) is 0 Å². The molecule has 0 saturated heterocycles. The summed E-state index contributed by atoms with van der Waals surface area (Å²) in [6, 6.07) is 0. The number of aliphatic imine (C=N–C) groups is 1. The Kier molecular flexibility index (Phi) is 7.71. The molecule has 0 fully saturated rings. The Morgan fingerprint density at radius 1 is 0.714 bits per heavy atom. The second kappa shape index (κ2) is 8.74. The normalized spacial score (nSPS) is 18.8. The lowest BCUT2D eigenvalue weighted by Gasteiger charge is -2.40. The lowest BCUT2D eigenvalue weighted by molar-refractivity contribution is -0.547. The number of nitrogens with zero attached hydrogens (tertiary/aromatic N) is 2. The molecule has 1 heterocycles. The van der Waals surface area contributed by atoms with Crippen LogP contribution in [0.1, 0.15) is 0 Å². The summed E-state index contributed by atoms with van der Waals surface area (Å²) < 4.78 is 225. The summed E-state index contributed by atoms with van der Waals surface area (Å²) >= 11 is 0.195. The first-order chi connectivity index (χ1) is 15.2. The number of aromatic nitrogens is 1. The van der Waals surface area contributed by atoms with Crippen molar-refractivity contribution in [2.45, 2.75) is 48.4 Å². The number of rotatable bonds is 8. The van der Waals surface area contributed by atoms with E-state index in [0.29, 0.717) is 0 Å². The molecule has 1 aromatic rings. The molecule has 0 bridgehead atoms. The predicted octanol–water partition coefficient (Wildman–Crippen LogP) is 6.00. The van der Waals surface area contributed by atoms with E-state index in [1.54, 1.807) is 0 Å². The average molecular weight is 577 g/mol. The summed E-state index contributed by atoms with van der Waals surface area (Å²) in [5, 5.41) is -0.127. The fourth-order valence-electron chi connectivity index (χ4n) is 1.63. The first kappa shape index (κ1) is 30.9. The highest BCUT2D eigenvalue weighted by molar-refractivity contribution is 7.13. The first-order valence-electron chi connectivity index (χ1n) is 7.52. The van der Waals surface area contributed by atoms with E-state index in [1.807, 2.05) is 0 Å². The van der Waals surface area contributed by atoms with Gasteiger partial charge in [0.25, 0.3) is 0 Å². The van der Waals surface area contributed by atoms with Gasteiger partial charge in [0.15, 0.2) is 5.84 Å². The minimum absolute atomic E-state index is 0.195. The van der Waals surface area contributed by atoms with E-state index in [9.17, 15) is 74.6 Å². The Morgan fingerprint density at radius 3 is 1.54 bits per heavy atom. The highest BCUT2D eigenvalue weighted by Crippen LogP contribution is 2.56. The van der Waals surface area contributed by atoms with Gasteiger partial charge in [-0.05, 0) is 0 Å². The van der Waals surface area contributed by atoms with Gasteiger partial charge in [0.05, 0.1) is 0 Å². The molecule has 2 N–H and O–H groups in total. The molecule has 5 nitrogen and oxygen atoms in total. The first-order valence-corrected chi connectivity index (χ1v) is 8.40. The quantitative estimate of drug-likeness (QED) is 0.234. The molecule has 204 valence electrons. The summed E-state index contributed by atoms with van der Waals surface area (Å²) in [6.45, 7) is 0. The zero-order chi connectivity index (χ0) is 28.1. The molecular weight excluding hydrogens is 573 g/mol. The van der Waals surface area contributed by atoms with Crippen molar-refractivity contribution in [1.29, 1.82) is 0 Å². The Morgan fingerprint density at radius 2 is 1.20 bits per heavy atom. The van der Waals surface area contributed by atoms with Crippen LogP contribution in [0.2, 0.25) is 0 Å². The van der Waals surface area contributed by atoms with Crippen LogP contribution in [0.5, 0.6) is 0 Å². The third-order valence-corrected chi connectivity index (χ3v) is 3.99. The molecule has 23 heteroatoms. The van der Waals surface area contributed by atoms with E-state index in [2.05, 4.69) is 20.4 Å². The zero-order valence-corrected chi connectivity index (χ0v) is 16.1. The van der Waals surface area contributed by atoms with Gasteiger partial charge in [-0.15, -0.1) is 11.3 Å². The molecule has 35 heavy (non-hydrogen) atoms. The lowest BCUT2D eigenvalue weighted by Crippen LogP contribution is -2.68. The van der Waals surface area contributed by atoms with Gasteiger partial charge in [-0.2, -0.15) is 79.6 Å². The van der Waals surface area contributed by atoms with Gasteiger partial charge in [0, 0.05) is 11.6 Å². The van der Waals surface area contributed by atoms with E-state index in [0.717, 1.165) is 11.6 Å². The van der Waals surface area contributed by atoms with Gasteiger partial charge >= 0.3 is 48.4 Å². The largest absolute Gasteiger partial charge is 0.462 e. The SMILES string of the molecule is NC(=Nc1nccs1)[C@](F)(OC(F)(F)[C@](F)(OC(F)(F)C(F)(F)C(F)(F)F)C(F)(F)F)C(F)(F)F. The van der Waals surface area contributed by atoms with Gasteiger partial charge in [-0.1, -0.05) is 0 Å². The van der Waals surface area contributed by atoms with Crippen LogP contribution in [0.3, 0.4) is 0 Å². The van der Waals surface area contributed by atoms with Crippen molar-refractivity contribution in [2.24, 2.45) is 10.7 Å². The molecule has 0 radical (unpaired) electrons.